The third kappa shape index (κ3) is 3.24. The molecule has 2 N–H and O–H groups in total. The third-order valence-corrected chi connectivity index (χ3v) is 5.05. The predicted molar refractivity (Wildman–Crippen MR) is 85.1 cm³/mol. The van der Waals surface area contributed by atoms with Gasteiger partial charge in [-0.2, -0.15) is 5.10 Å². The third-order valence-electron chi connectivity index (χ3n) is 5.05. The summed E-state index contributed by atoms with van der Waals surface area (Å²) >= 11 is 0. The van der Waals surface area contributed by atoms with Gasteiger partial charge in [-0.05, 0) is 32.1 Å². The Morgan fingerprint density at radius 1 is 1.48 bits per heavy atom. The molecule has 0 radical (unpaired) electrons. The van der Waals surface area contributed by atoms with Gasteiger partial charge in [0, 0.05) is 32.2 Å². The summed E-state index contributed by atoms with van der Waals surface area (Å²) < 4.78 is 5.44. The summed E-state index contributed by atoms with van der Waals surface area (Å²) in [5.74, 6) is 0.938. The molecular formula is C16H24N4O3. The van der Waals surface area contributed by atoms with Gasteiger partial charge in [-0.15, -0.1) is 6.58 Å². The summed E-state index contributed by atoms with van der Waals surface area (Å²) in [6, 6.07) is 0. The fourth-order valence-electron chi connectivity index (χ4n) is 3.74. The highest BCUT2D eigenvalue weighted by Gasteiger charge is 2.42. The fraction of sp³-hybridized carbons (Fsp3) is 0.688. The van der Waals surface area contributed by atoms with E-state index in [9.17, 15) is 9.59 Å². The zero-order chi connectivity index (χ0) is 16.3. The number of aromatic amines is 2. The van der Waals surface area contributed by atoms with Crippen LogP contribution in [0.15, 0.2) is 17.4 Å². The van der Waals surface area contributed by atoms with Crippen molar-refractivity contribution in [2.45, 2.75) is 38.0 Å². The summed E-state index contributed by atoms with van der Waals surface area (Å²) in [7, 11) is 0. The van der Waals surface area contributed by atoms with Gasteiger partial charge >= 0.3 is 5.69 Å². The van der Waals surface area contributed by atoms with E-state index in [-0.39, 0.29) is 22.9 Å². The Kier molecular flexibility index (Phi) is 4.66. The average molecular weight is 320 g/mol. The predicted octanol–water partition coefficient (Wildman–Crippen LogP) is 1.18. The van der Waals surface area contributed by atoms with Crippen molar-refractivity contribution < 1.29 is 9.53 Å². The second-order valence-corrected chi connectivity index (χ2v) is 6.54. The first kappa shape index (κ1) is 16.0. The van der Waals surface area contributed by atoms with Gasteiger partial charge in [-0.3, -0.25) is 9.78 Å². The number of H-pyrrole nitrogens is 2. The number of nitrogens with one attached hydrogen (secondary N) is 2. The van der Waals surface area contributed by atoms with Gasteiger partial charge in [0.1, 0.15) is 5.82 Å². The lowest BCUT2D eigenvalue weighted by molar-refractivity contribution is -0.149. The second-order valence-electron chi connectivity index (χ2n) is 6.54. The molecule has 1 unspecified atom stereocenters. The first-order chi connectivity index (χ1) is 11.1. The Morgan fingerprint density at radius 2 is 2.26 bits per heavy atom. The number of allylic oxidation sites excluding steroid dienone is 1. The van der Waals surface area contributed by atoms with Crippen molar-refractivity contribution in [1.29, 1.82) is 0 Å². The van der Waals surface area contributed by atoms with E-state index in [1.807, 2.05) is 11.0 Å². The minimum atomic E-state index is -0.374. The van der Waals surface area contributed by atoms with Crippen LogP contribution in [0.5, 0.6) is 0 Å². The molecule has 0 spiro atoms. The number of nitrogens with zero attached hydrogens (tertiary/aromatic N) is 2. The number of amides is 1. The van der Waals surface area contributed by atoms with Crippen LogP contribution in [-0.2, 0) is 9.53 Å². The quantitative estimate of drug-likeness (QED) is 0.815. The maximum absolute atomic E-state index is 13.2. The smallest absolute Gasteiger partial charge is 0.340 e. The first-order valence-corrected chi connectivity index (χ1v) is 8.27. The number of carbonyl (C=O) groups excluding carboxylic acids is 1. The van der Waals surface area contributed by atoms with Crippen molar-refractivity contribution in [1.82, 2.24) is 20.1 Å². The minimum absolute atomic E-state index is 0.0901. The van der Waals surface area contributed by atoms with E-state index in [0.717, 1.165) is 32.2 Å². The van der Waals surface area contributed by atoms with E-state index in [2.05, 4.69) is 21.8 Å². The molecule has 23 heavy (non-hydrogen) atoms. The van der Waals surface area contributed by atoms with Crippen molar-refractivity contribution in [3.8, 4) is 0 Å². The van der Waals surface area contributed by atoms with Crippen LogP contribution in [0.3, 0.4) is 0 Å². The van der Waals surface area contributed by atoms with E-state index < -0.39 is 0 Å². The van der Waals surface area contributed by atoms with Crippen LogP contribution in [0.4, 0.5) is 0 Å². The first-order valence-electron chi connectivity index (χ1n) is 8.27. The highest BCUT2D eigenvalue weighted by atomic mass is 16.5. The van der Waals surface area contributed by atoms with Crippen LogP contribution in [0.2, 0.25) is 0 Å². The molecule has 7 heteroatoms. The minimum Gasteiger partial charge on any atom is -0.381 e. The molecule has 0 saturated carbocycles. The second kappa shape index (κ2) is 6.70. The molecule has 0 aromatic carbocycles. The SMILES string of the molecule is C=CCC1(C(=O)N2CCCC(c3n[nH]c(=O)[nH]3)C2)CCOCC1. The molecule has 2 aliphatic heterocycles. The Hall–Kier alpha value is -1.89. The van der Waals surface area contributed by atoms with E-state index in [0.29, 0.717) is 32.0 Å². The van der Waals surface area contributed by atoms with E-state index in [4.69, 9.17) is 4.74 Å². The molecule has 2 fully saturated rings. The summed E-state index contributed by atoms with van der Waals surface area (Å²) in [4.78, 5) is 29.1. The maximum atomic E-state index is 13.2. The molecule has 3 heterocycles. The van der Waals surface area contributed by atoms with E-state index in [1.165, 1.54) is 0 Å². The molecule has 126 valence electrons. The Balaban J connectivity index is 1.75. The number of carbonyl (C=O) groups is 1. The molecule has 7 nitrogen and oxygen atoms in total. The zero-order valence-electron chi connectivity index (χ0n) is 13.3. The molecule has 1 aromatic heterocycles. The van der Waals surface area contributed by atoms with Crippen LogP contribution in [0, 0.1) is 5.41 Å². The Labute approximate surface area is 135 Å². The van der Waals surface area contributed by atoms with E-state index in [1.54, 1.807) is 0 Å². The number of hydrogen-bond acceptors (Lipinski definition) is 4. The molecule has 3 rings (SSSR count). The van der Waals surface area contributed by atoms with Crippen LogP contribution < -0.4 is 5.69 Å². The normalized spacial score (nSPS) is 24.3. The lowest BCUT2D eigenvalue weighted by Gasteiger charge is -2.41. The molecule has 1 atom stereocenters. The number of aromatic nitrogens is 3. The monoisotopic (exact) mass is 320 g/mol. The lowest BCUT2D eigenvalue weighted by atomic mass is 9.75. The lowest BCUT2D eigenvalue weighted by Crippen LogP contribution is -2.49. The number of piperidine rings is 1. The molecule has 0 bridgehead atoms. The average Bonchev–Trinajstić information content (AvgIpc) is 3.02. The Bertz CT molecular complexity index is 615. The van der Waals surface area contributed by atoms with Gasteiger partial charge in [0.15, 0.2) is 0 Å². The molecule has 1 aromatic rings. The summed E-state index contributed by atoms with van der Waals surface area (Å²) in [6.45, 7) is 6.46. The summed E-state index contributed by atoms with van der Waals surface area (Å²) in [5, 5.41) is 6.44. The van der Waals surface area contributed by atoms with E-state index >= 15 is 0 Å². The van der Waals surface area contributed by atoms with Gasteiger partial charge in [-0.1, -0.05) is 6.08 Å². The Morgan fingerprint density at radius 3 is 2.91 bits per heavy atom. The largest absolute Gasteiger partial charge is 0.381 e. The van der Waals surface area contributed by atoms with Crippen LogP contribution in [0.1, 0.15) is 43.8 Å². The van der Waals surface area contributed by atoms with Gasteiger partial charge in [-0.25, -0.2) is 9.89 Å². The van der Waals surface area contributed by atoms with Crippen LogP contribution in [-0.4, -0.2) is 52.3 Å². The van der Waals surface area contributed by atoms with Crippen molar-refractivity contribution >= 4 is 5.91 Å². The van der Waals surface area contributed by atoms with Crippen LogP contribution >= 0.6 is 0 Å². The number of likely N-dealkylation sites (tertiary alicyclic amines) is 1. The van der Waals surface area contributed by atoms with Crippen molar-refractivity contribution in [3.63, 3.8) is 0 Å². The summed E-state index contributed by atoms with van der Waals surface area (Å²) in [5.41, 5.74) is -0.669. The summed E-state index contributed by atoms with van der Waals surface area (Å²) in [6.07, 6.45) is 5.88. The number of rotatable bonds is 4. The van der Waals surface area contributed by atoms with Gasteiger partial charge in [0.2, 0.25) is 5.91 Å². The topological polar surface area (TPSA) is 91.1 Å². The zero-order valence-corrected chi connectivity index (χ0v) is 13.3. The highest BCUT2D eigenvalue weighted by molar-refractivity contribution is 5.83. The highest BCUT2D eigenvalue weighted by Crippen LogP contribution is 2.38. The van der Waals surface area contributed by atoms with Crippen molar-refractivity contribution in [2.24, 2.45) is 5.41 Å². The maximum Gasteiger partial charge on any atom is 0.340 e. The van der Waals surface area contributed by atoms with Gasteiger partial charge < -0.3 is 9.64 Å². The molecule has 2 aliphatic rings. The van der Waals surface area contributed by atoms with Crippen LogP contribution in [0.25, 0.3) is 0 Å². The molecule has 1 amide bonds. The molecule has 2 saturated heterocycles. The number of ether oxygens (including phenoxy) is 1. The fourth-order valence-corrected chi connectivity index (χ4v) is 3.74. The van der Waals surface area contributed by atoms with Gasteiger partial charge in [0.05, 0.1) is 5.41 Å². The molecule has 0 aliphatic carbocycles. The molecular weight excluding hydrogens is 296 g/mol. The van der Waals surface area contributed by atoms with Gasteiger partial charge in [0.25, 0.3) is 0 Å². The van der Waals surface area contributed by atoms with Crippen molar-refractivity contribution in [2.75, 3.05) is 26.3 Å². The van der Waals surface area contributed by atoms with Crippen molar-refractivity contribution in [3.05, 3.63) is 29.0 Å². The standard InChI is InChI=1S/C16H24N4O3/c1-2-5-16(6-9-23-10-7-16)14(21)20-8-3-4-12(11-20)13-17-15(22)19-18-13/h2,12H,1,3-11H2,(H2,17,18,19,22). The number of hydrogen-bond donors (Lipinski definition) is 2.